The number of nitrogens with two attached hydrogens (primary N) is 1. The van der Waals surface area contributed by atoms with Gasteiger partial charge in [-0.05, 0) is 58.7 Å². The molecule has 154 valence electrons. The Bertz CT molecular complexity index is 1100. The number of ether oxygens (including phenoxy) is 1. The van der Waals surface area contributed by atoms with E-state index in [0.717, 1.165) is 25.7 Å². The number of nitrogens with zero attached hydrogens (tertiary/aromatic N) is 2. The van der Waals surface area contributed by atoms with Gasteiger partial charge in [-0.1, -0.05) is 0 Å². The molecule has 0 bridgehead atoms. The molecule has 1 aliphatic heterocycles. The van der Waals surface area contributed by atoms with Gasteiger partial charge in [0.05, 0.1) is 21.3 Å². The summed E-state index contributed by atoms with van der Waals surface area (Å²) in [6.07, 6.45) is 0.360. The zero-order valence-corrected chi connectivity index (χ0v) is 18.7. The summed E-state index contributed by atoms with van der Waals surface area (Å²) < 4.78 is 20.1. The van der Waals surface area contributed by atoms with Gasteiger partial charge in [0.15, 0.2) is 0 Å². The number of thiophene rings is 1. The predicted octanol–water partition coefficient (Wildman–Crippen LogP) is 5.99. The van der Waals surface area contributed by atoms with Gasteiger partial charge in [-0.25, -0.2) is 14.2 Å². The molecular weight excluding hydrogens is 409 g/mol. The van der Waals surface area contributed by atoms with Crippen molar-refractivity contribution >= 4 is 44.0 Å². The van der Waals surface area contributed by atoms with Crippen molar-refractivity contribution in [2.75, 3.05) is 5.73 Å². The Hall–Kier alpha value is -2.19. The molecule has 2 atom stereocenters. The Kier molecular flexibility index (Phi) is 4.82. The summed E-state index contributed by atoms with van der Waals surface area (Å²) in [6, 6.07) is 4.46. The first-order valence-electron chi connectivity index (χ1n) is 9.54. The fraction of sp³-hybridized carbons (Fsp3) is 0.429. The molecule has 8 heteroatoms. The van der Waals surface area contributed by atoms with Crippen LogP contribution in [-0.4, -0.2) is 27.6 Å². The van der Waals surface area contributed by atoms with Gasteiger partial charge in [0.25, 0.3) is 0 Å². The van der Waals surface area contributed by atoms with Gasteiger partial charge in [-0.3, -0.25) is 4.90 Å². The van der Waals surface area contributed by atoms with Gasteiger partial charge >= 0.3 is 6.09 Å². The van der Waals surface area contributed by atoms with Gasteiger partial charge in [0.2, 0.25) is 0 Å². The summed E-state index contributed by atoms with van der Waals surface area (Å²) >= 11 is 3.01. The second-order valence-corrected chi connectivity index (χ2v) is 10.5. The number of hydrogen-bond donors (Lipinski definition) is 1. The van der Waals surface area contributed by atoms with E-state index < -0.39 is 5.60 Å². The number of aromatic nitrogens is 1. The lowest BCUT2D eigenvalue weighted by Gasteiger charge is -2.39. The minimum absolute atomic E-state index is 0.0353. The summed E-state index contributed by atoms with van der Waals surface area (Å²) in [5.74, 6) is -0.301. The van der Waals surface area contributed by atoms with Crippen molar-refractivity contribution in [1.82, 2.24) is 9.88 Å². The first kappa shape index (κ1) is 20.1. The molecule has 4 rings (SSSR count). The van der Waals surface area contributed by atoms with E-state index in [2.05, 4.69) is 4.98 Å². The molecule has 2 unspecified atom stereocenters. The highest BCUT2D eigenvalue weighted by molar-refractivity contribution is 7.22. The maximum atomic E-state index is 13.6. The molecule has 0 spiro atoms. The average Bonchev–Trinajstić information content (AvgIpc) is 3.12. The highest BCUT2D eigenvalue weighted by Crippen LogP contribution is 2.48. The number of carbonyl (C=O) groups excluding carboxylic acids is 1. The third-order valence-corrected chi connectivity index (χ3v) is 7.29. The van der Waals surface area contributed by atoms with Gasteiger partial charge < -0.3 is 10.5 Å². The number of anilines is 1. The summed E-state index contributed by atoms with van der Waals surface area (Å²) in [6.45, 7) is 9.63. The van der Waals surface area contributed by atoms with Crippen LogP contribution in [-0.2, 0) is 11.2 Å². The fourth-order valence-corrected chi connectivity index (χ4v) is 6.09. The second-order valence-electron chi connectivity index (χ2n) is 8.43. The standard InChI is InChI=1S/C21H24FN3O2S2/c1-10-8-13-16(19-24-14-9-12(22)6-7-15(14)28-19)18(23)29-17(13)11(2)25(10)20(26)27-21(3,4)5/h6-7,9-11H,8,23H2,1-5H3. The number of amides is 1. The van der Waals surface area contributed by atoms with Crippen LogP contribution in [0.1, 0.15) is 51.1 Å². The SMILES string of the molecule is CC1Cc2c(sc(N)c2-c2nc3cc(F)ccc3s2)C(C)N1C(=O)OC(C)(C)C. The van der Waals surface area contributed by atoms with Crippen molar-refractivity contribution < 1.29 is 13.9 Å². The van der Waals surface area contributed by atoms with Crippen LogP contribution in [0, 0.1) is 5.82 Å². The minimum Gasteiger partial charge on any atom is -0.444 e. The normalized spacial score (nSPS) is 19.4. The topological polar surface area (TPSA) is 68.5 Å². The van der Waals surface area contributed by atoms with E-state index in [1.807, 2.05) is 34.6 Å². The van der Waals surface area contributed by atoms with Crippen LogP contribution in [0.5, 0.6) is 0 Å². The van der Waals surface area contributed by atoms with Crippen molar-refractivity contribution in [3.05, 3.63) is 34.5 Å². The molecule has 3 aromatic rings. The maximum Gasteiger partial charge on any atom is 0.411 e. The molecule has 0 aliphatic carbocycles. The lowest BCUT2D eigenvalue weighted by Crippen LogP contribution is -2.46. The summed E-state index contributed by atoms with van der Waals surface area (Å²) in [5, 5.41) is 1.48. The van der Waals surface area contributed by atoms with E-state index in [1.165, 1.54) is 34.8 Å². The molecule has 0 radical (unpaired) electrons. The van der Waals surface area contributed by atoms with Gasteiger partial charge in [-0.15, -0.1) is 22.7 Å². The minimum atomic E-state index is -0.549. The number of thiazole rings is 1. The number of benzene rings is 1. The molecule has 29 heavy (non-hydrogen) atoms. The summed E-state index contributed by atoms with van der Waals surface area (Å²) in [5.41, 5.74) is 8.56. The first-order valence-corrected chi connectivity index (χ1v) is 11.2. The number of halogens is 1. The molecule has 2 aromatic heterocycles. The summed E-state index contributed by atoms with van der Waals surface area (Å²) in [4.78, 5) is 20.3. The molecule has 2 N–H and O–H groups in total. The number of rotatable bonds is 1. The smallest absolute Gasteiger partial charge is 0.411 e. The molecular formula is C21H24FN3O2S2. The number of hydrogen-bond acceptors (Lipinski definition) is 6. The number of fused-ring (bicyclic) bond motifs is 2. The first-order chi connectivity index (χ1) is 13.5. The monoisotopic (exact) mass is 433 g/mol. The molecule has 1 aliphatic rings. The Morgan fingerprint density at radius 2 is 2.03 bits per heavy atom. The molecule has 5 nitrogen and oxygen atoms in total. The van der Waals surface area contributed by atoms with Crippen molar-refractivity contribution in [2.45, 2.75) is 58.7 Å². The quantitative estimate of drug-likeness (QED) is 0.512. The average molecular weight is 434 g/mol. The van der Waals surface area contributed by atoms with E-state index >= 15 is 0 Å². The van der Waals surface area contributed by atoms with Crippen LogP contribution in [0.15, 0.2) is 18.2 Å². The Morgan fingerprint density at radius 3 is 2.72 bits per heavy atom. The van der Waals surface area contributed by atoms with Crippen molar-refractivity contribution in [1.29, 1.82) is 0 Å². The Labute approximate surface area is 177 Å². The van der Waals surface area contributed by atoms with Crippen LogP contribution in [0.25, 0.3) is 20.8 Å². The lowest BCUT2D eigenvalue weighted by atomic mass is 9.93. The van der Waals surface area contributed by atoms with Gasteiger partial charge in [0.1, 0.15) is 16.4 Å². The van der Waals surface area contributed by atoms with Crippen molar-refractivity contribution in [3.63, 3.8) is 0 Å². The van der Waals surface area contributed by atoms with Crippen molar-refractivity contribution in [3.8, 4) is 10.6 Å². The number of nitrogen functional groups attached to an aromatic ring is 1. The number of carbonyl (C=O) groups is 1. The fourth-order valence-electron chi connectivity index (χ4n) is 3.84. The highest BCUT2D eigenvalue weighted by Gasteiger charge is 2.39. The summed E-state index contributed by atoms with van der Waals surface area (Å²) in [7, 11) is 0. The molecule has 1 aromatic carbocycles. The highest BCUT2D eigenvalue weighted by atomic mass is 32.1. The predicted molar refractivity (Wildman–Crippen MR) is 117 cm³/mol. The van der Waals surface area contributed by atoms with Gasteiger partial charge in [0, 0.05) is 22.5 Å². The Morgan fingerprint density at radius 1 is 1.31 bits per heavy atom. The largest absolute Gasteiger partial charge is 0.444 e. The van der Waals surface area contributed by atoms with E-state index in [0.29, 0.717) is 16.9 Å². The molecule has 0 saturated carbocycles. The zero-order chi connectivity index (χ0) is 21.1. The van der Waals surface area contributed by atoms with E-state index in [-0.39, 0.29) is 24.0 Å². The maximum absolute atomic E-state index is 13.6. The van der Waals surface area contributed by atoms with E-state index in [4.69, 9.17) is 10.5 Å². The second kappa shape index (κ2) is 6.95. The van der Waals surface area contributed by atoms with E-state index in [1.54, 1.807) is 11.0 Å². The third-order valence-electron chi connectivity index (χ3n) is 5.00. The Balaban J connectivity index is 1.75. The van der Waals surface area contributed by atoms with Crippen LogP contribution in [0.3, 0.4) is 0 Å². The van der Waals surface area contributed by atoms with Gasteiger partial charge in [-0.2, -0.15) is 0 Å². The van der Waals surface area contributed by atoms with Crippen LogP contribution in [0.4, 0.5) is 14.2 Å². The van der Waals surface area contributed by atoms with Crippen LogP contribution < -0.4 is 5.73 Å². The third kappa shape index (κ3) is 3.59. The molecule has 3 heterocycles. The van der Waals surface area contributed by atoms with E-state index in [9.17, 15) is 9.18 Å². The molecule has 0 fully saturated rings. The molecule has 0 saturated heterocycles. The molecule has 1 amide bonds. The lowest BCUT2D eigenvalue weighted by molar-refractivity contribution is 0.00638. The zero-order valence-electron chi connectivity index (χ0n) is 17.1. The van der Waals surface area contributed by atoms with Crippen molar-refractivity contribution in [2.24, 2.45) is 0 Å². The van der Waals surface area contributed by atoms with Crippen LogP contribution >= 0.6 is 22.7 Å². The van der Waals surface area contributed by atoms with Crippen LogP contribution in [0.2, 0.25) is 0 Å².